The van der Waals surface area contributed by atoms with Crippen molar-refractivity contribution in [3.63, 3.8) is 0 Å². The molecule has 1 nitrogen and oxygen atoms in total. The van der Waals surface area contributed by atoms with Gasteiger partial charge in [0.05, 0.1) is 3.79 Å². The molecule has 0 amide bonds. The number of thiophene rings is 1. The van der Waals surface area contributed by atoms with Crippen LogP contribution in [0.25, 0.3) is 0 Å². The Morgan fingerprint density at radius 1 is 1.47 bits per heavy atom. The number of hydrogen-bond acceptors (Lipinski definition) is 2. The Hall–Kier alpha value is -0.420. The topological polar surface area (TPSA) is 20.2 Å². The molecule has 0 bridgehead atoms. The van der Waals surface area contributed by atoms with E-state index >= 15 is 0 Å². The molecule has 0 fully saturated rings. The summed E-state index contributed by atoms with van der Waals surface area (Å²) in [6, 6.07) is 6.20. The summed E-state index contributed by atoms with van der Waals surface area (Å²) in [5, 5.41) is 10.4. The Morgan fingerprint density at radius 2 is 2.18 bits per heavy atom. The lowest BCUT2D eigenvalue weighted by molar-refractivity contribution is 0.219. The van der Waals surface area contributed by atoms with Crippen molar-refractivity contribution in [3.8, 4) is 0 Å². The summed E-state index contributed by atoms with van der Waals surface area (Å²) in [7, 11) is 0. The fourth-order valence-electron chi connectivity index (χ4n) is 1.53. The molecule has 0 aliphatic heterocycles. The first kappa shape index (κ1) is 13.0. The van der Waals surface area contributed by atoms with Gasteiger partial charge in [-0.15, -0.1) is 11.3 Å². The molecule has 0 aliphatic carbocycles. The third-order valence-electron chi connectivity index (χ3n) is 2.42. The van der Waals surface area contributed by atoms with Gasteiger partial charge in [-0.2, -0.15) is 0 Å². The average molecular weight is 336 g/mol. The van der Waals surface area contributed by atoms with E-state index in [1.165, 1.54) is 23.5 Å². The van der Waals surface area contributed by atoms with Gasteiger partial charge in [-0.25, -0.2) is 4.39 Å². The highest BCUT2D eigenvalue weighted by atomic mass is 79.9. The van der Waals surface area contributed by atoms with Crippen molar-refractivity contribution < 1.29 is 9.50 Å². The largest absolute Gasteiger partial charge is 0.383 e. The molecule has 0 saturated carbocycles. The summed E-state index contributed by atoms with van der Waals surface area (Å²) in [5.74, 6) is -0.493. The molecule has 1 atom stereocenters. The van der Waals surface area contributed by atoms with Crippen LogP contribution >= 0.6 is 38.9 Å². The predicted octanol–water partition coefficient (Wildman–Crippen LogP) is 4.69. The van der Waals surface area contributed by atoms with Gasteiger partial charge >= 0.3 is 0 Å². The van der Waals surface area contributed by atoms with Crippen molar-refractivity contribution in [2.24, 2.45) is 0 Å². The highest BCUT2D eigenvalue weighted by Gasteiger charge is 2.20. The Morgan fingerprint density at radius 3 is 2.71 bits per heavy atom. The van der Waals surface area contributed by atoms with Crippen molar-refractivity contribution >= 4 is 38.9 Å². The van der Waals surface area contributed by atoms with Crippen LogP contribution in [-0.4, -0.2) is 5.11 Å². The molecule has 1 heterocycles. The lowest BCUT2D eigenvalue weighted by atomic mass is 10.1. The molecule has 1 unspecified atom stereocenters. The number of benzene rings is 1. The van der Waals surface area contributed by atoms with Crippen LogP contribution in [0.1, 0.15) is 22.1 Å². The van der Waals surface area contributed by atoms with Crippen molar-refractivity contribution in [2.75, 3.05) is 0 Å². The standard InChI is InChI=1S/C12H9BrClFOS/c1-6-5-9(17-12(6)13)11(16)10-7(14)3-2-4-8(10)15/h2-5,11,16H,1H3. The number of halogens is 3. The fourth-order valence-corrected chi connectivity index (χ4v) is 3.37. The second kappa shape index (κ2) is 5.06. The van der Waals surface area contributed by atoms with Gasteiger partial charge in [-0.05, 0) is 46.6 Å². The van der Waals surface area contributed by atoms with E-state index in [0.29, 0.717) is 4.88 Å². The minimum absolute atomic E-state index is 0.128. The first-order valence-electron chi connectivity index (χ1n) is 4.88. The van der Waals surface area contributed by atoms with Crippen LogP contribution in [0.5, 0.6) is 0 Å². The first-order valence-corrected chi connectivity index (χ1v) is 6.87. The Kier molecular flexibility index (Phi) is 3.88. The van der Waals surface area contributed by atoms with E-state index in [2.05, 4.69) is 15.9 Å². The monoisotopic (exact) mass is 334 g/mol. The highest BCUT2D eigenvalue weighted by molar-refractivity contribution is 9.11. The molecule has 2 rings (SSSR count). The smallest absolute Gasteiger partial charge is 0.130 e. The van der Waals surface area contributed by atoms with Gasteiger partial charge in [-0.3, -0.25) is 0 Å². The third-order valence-corrected chi connectivity index (χ3v) is 4.94. The van der Waals surface area contributed by atoms with Crippen LogP contribution in [0.3, 0.4) is 0 Å². The normalized spacial score (nSPS) is 12.8. The van der Waals surface area contributed by atoms with Gasteiger partial charge in [0, 0.05) is 15.5 Å². The molecule has 0 saturated heterocycles. The number of rotatable bonds is 2. The van der Waals surface area contributed by atoms with Crippen LogP contribution in [0, 0.1) is 12.7 Å². The molecule has 0 radical (unpaired) electrons. The maximum Gasteiger partial charge on any atom is 0.130 e. The van der Waals surface area contributed by atoms with Gasteiger partial charge in [0.1, 0.15) is 11.9 Å². The van der Waals surface area contributed by atoms with Crippen molar-refractivity contribution in [1.29, 1.82) is 0 Å². The molecule has 17 heavy (non-hydrogen) atoms. The molecular weight excluding hydrogens is 327 g/mol. The molecule has 5 heteroatoms. The number of aliphatic hydroxyl groups is 1. The maximum atomic E-state index is 13.6. The average Bonchev–Trinajstić information content (AvgIpc) is 2.59. The zero-order valence-corrected chi connectivity index (χ0v) is 12.0. The van der Waals surface area contributed by atoms with Crippen molar-refractivity contribution in [1.82, 2.24) is 0 Å². The van der Waals surface area contributed by atoms with Gasteiger partial charge in [0.2, 0.25) is 0 Å². The van der Waals surface area contributed by atoms with Gasteiger partial charge in [0.15, 0.2) is 0 Å². The van der Waals surface area contributed by atoms with E-state index in [1.807, 2.05) is 13.0 Å². The summed E-state index contributed by atoms with van der Waals surface area (Å²) in [4.78, 5) is 0.668. The van der Waals surface area contributed by atoms with E-state index in [9.17, 15) is 9.50 Å². The van der Waals surface area contributed by atoms with E-state index in [1.54, 1.807) is 6.07 Å². The molecular formula is C12H9BrClFOS. The highest BCUT2D eigenvalue weighted by Crippen LogP contribution is 2.37. The maximum absolute atomic E-state index is 13.6. The molecule has 90 valence electrons. The summed E-state index contributed by atoms with van der Waals surface area (Å²) in [5.41, 5.74) is 1.14. The number of aryl methyl sites for hydroxylation is 1. The van der Waals surface area contributed by atoms with E-state index in [0.717, 1.165) is 9.35 Å². The zero-order valence-electron chi connectivity index (χ0n) is 8.88. The van der Waals surface area contributed by atoms with Crippen LogP contribution in [0.2, 0.25) is 5.02 Å². The second-order valence-corrected chi connectivity index (χ2v) is 6.45. The van der Waals surface area contributed by atoms with Gasteiger partial charge < -0.3 is 5.11 Å². The van der Waals surface area contributed by atoms with Crippen LogP contribution in [-0.2, 0) is 0 Å². The molecule has 0 aliphatic rings. The summed E-state index contributed by atoms with van der Waals surface area (Å²) in [6.45, 7) is 1.92. The third kappa shape index (κ3) is 2.55. The van der Waals surface area contributed by atoms with Crippen LogP contribution in [0.15, 0.2) is 28.1 Å². The second-order valence-electron chi connectivity index (χ2n) is 3.64. The summed E-state index contributed by atoms with van der Waals surface area (Å²) < 4.78 is 14.6. The number of aliphatic hydroxyl groups excluding tert-OH is 1. The molecule has 1 aromatic carbocycles. The Balaban J connectivity index is 2.47. The zero-order chi connectivity index (χ0) is 12.6. The van der Waals surface area contributed by atoms with Gasteiger partial charge in [0.25, 0.3) is 0 Å². The predicted molar refractivity (Wildman–Crippen MR) is 72.2 cm³/mol. The van der Waals surface area contributed by atoms with Crippen molar-refractivity contribution in [2.45, 2.75) is 13.0 Å². The molecule has 2 aromatic rings. The Labute approximate surface area is 116 Å². The fraction of sp³-hybridized carbons (Fsp3) is 0.167. The van der Waals surface area contributed by atoms with E-state index in [-0.39, 0.29) is 10.6 Å². The van der Waals surface area contributed by atoms with E-state index in [4.69, 9.17) is 11.6 Å². The molecule has 0 spiro atoms. The minimum Gasteiger partial charge on any atom is -0.383 e. The Bertz CT molecular complexity index is 516. The lowest BCUT2D eigenvalue weighted by Crippen LogP contribution is -2.01. The SMILES string of the molecule is Cc1cc(C(O)c2c(F)cccc2Cl)sc1Br. The van der Waals surface area contributed by atoms with E-state index < -0.39 is 11.9 Å². The van der Waals surface area contributed by atoms with Gasteiger partial charge in [-0.1, -0.05) is 17.7 Å². The quantitative estimate of drug-likeness (QED) is 0.844. The number of hydrogen-bond donors (Lipinski definition) is 1. The minimum atomic E-state index is -1.03. The van der Waals surface area contributed by atoms with Crippen molar-refractivity contribution in [3.05, 3.63) is 54.9 Å². The lowest BCUT2D eigenvalue weighted by Gasteiger charge is -2.11. The van der Waals surface area contributed by atoms with Crippen LogP contribution < -0.4 is 0 Å². The first-order chi connectivity index (χ1) is 8.00. The summed E-state index contributed by atoms with van der Waals surface area (Å²) >= 11 is 10.7. The molecule has 1 aromatic heterocycles. The van der Waals surface area contributed by atoms with Crippen LogP contribution in [0.4, 0.5) is 4.39 Å². The molecule has 1 N–H and O–H groups in total. The summed E-state index contributed by atoms with van der Waals surface area (Å²) in [6.07, 6.45) is -1.03.